The molecule has 0 bridgehead atoms. The van der Waals surface area contributed by atoms with Crippen LogP contribution in [-0.4, -0.2) is 34.6 Å². The highest BCUT2D eigenvalue weighted by Crippen LogP contribution is 2.45. The number of carboxylic acid groups (broad SMARTS) is 1. The summed E-state index contributed by atoms with van der Waals surface area (Å²) in [6.45, 7) is 4.44. The highest BCUT2D eigenvalue weighted by atomic mass is 16.4. The van der Waals surface area contributed by atoms with Gasteiger partial charge in [-0.3, -0.25) is 9.69 Å². The first-order valence-corrected chi connectivity index (χ1v) is 6.66. The fraction of sp³-hybridized carbons (Fsp3) is 0.923. The third-order valence-corrected chi connectivity index (χ3v) is 4.61. The van der Waals surface area contributed by atoms with E-state index in [1.165, 1.54) is 25.7 Å². The van der Waals surface area contributed by atoms with Crippen molar-refractivity contribution in [1.29, 1.82) is 0 Å². The first-order valence-electron chi connectivity index (χ1n) is 6.66. The molecule has 2 fully saturated rings. The fourth-order valence-electron chi connectivity index (χ4n) is 3.90. The van der Waals surface area contributed by atoms with Gasteiger partial charge in [-0.05, 0) is 44.7 Å². The van der Waals surface area contributed by atoms with Crippen LogP contribution >= 0.6 is 0 Å². The average molecular weight is 225 g/mol. The smallest absolute Gasteiger partial charge is 0.305 e. The Labute approximate surface area is 97.8 Å². The number of rotatable bonds is 4. The van der Waals surface area contributed by atoms with Gasteiger partial charge in [-0.15, -0.1) is 0 Å². The zero-order valence-corrected chi connectivity index (χ0v) is 10.2. The van der Waals surface area contributed by atoms with Crippen LogP contribution in [0.3, 0.4) is 0 Å². The molecule has 2 rings (SSSR count). The van der Waals surface area contributed by atoms with Gasteiger partial charge in [-0.2, -0.15) is 0 Å². The molecule has 3 nitrogen and oxygen atoms in total. The van der Waals surface area contributed by atoms with Crippen LogP contribution in [0.5, 0.6) is 0 Å². The number of carboxylic acids is 1. The Morgan fingerprint density at radius 1 is 1.38 bits per heavy atom. The summed E-state index contributed by atoms with van der Waals surface area (Å²) in [4.78, 5) is 13.6. The van der Waals surface area contributed by atoms with E-state index in [2.05, 4.69) is 11.8 Å². The Balaban J connectivity index is 2.19. The van der Waals surface area contributed by atoms with Gasteiger partial charge in [-0.25, -0.2) is 0 Å². The Kier molecular flexibility index (Phi) is 3.53. The zero-order valence-electron chi connectivity index (χ0n) is 10.2. The molecule has 1 aliphatic carbocycles. The molecule has 1 heterocycles. The Bertz CT molecular complexity index is 261. The lowest BCUT2D eigenvalue weighted by Gasteiger charge is -2.42. The maximum atomic E-state index is 11.2. The lowest BCUT2D eigenvalue weighted by atomic mass is 9.80. The molecule has 1 aliphatic heterocycles. The van der Waals surface area contributed by atoms with Crippen molar-refractivity contribution < 1.29 is 9.90 Å². The van der Waals surface area contributed by atoms with Crippen molar-refractivity contribution in [2.75, 3.05) is 13.1 Å². The van der Waals surface area contributed by atoms with E-state index in [4.69, 9.17) is 0 Å². The molecule has 1 N–H and O–H groups in total. The molecule has 2 aliphatic rings. The minimum absolute atomic E-state index is 0.00289. The van der Waals surface area contributed by atoms with E-state index in [0.717, 1.165) is 25.9 Å². The van der Waals surface area contributed by atoms with E-state index in [1.807, 2.05) is 0 Å². The summed E-state index contributed by atoms with van der Waals surface area (Å²) in [6.07, 6.45) is 7.51. The molecular formula is C13H23NO2. The number of carbonyl (C=O) groups is 1. The first-order chi connectivity index (χ1) is 7.69. The average Bonchev–Trinajstić information content (AvgIpc) is 2.84. The van der Waals surface area contributed by atoms with E-state index < -0.39 is 5.97 Å². The van der Waals surface area contributed by atoms with Crippen LogP contribution in [0.1, 0.15) is 51.9 Å². The summed E-state index contributed by atoms with van der Waals surface area (Å²) >= 11 is 0. The van der Waals surface area contributed by atoms with E-state index in [0.29, 0.717) is 12.3 Å². The monoisotopic (exact) mass is 225 g/mol. The molecule has 2 unspecified atom stereocenters. The molecule has 1 saturated carbocycles. The van der Waals surface area contributed by atoms with Crippen molar-refractivity contribution in [2.24, 2.45) is 5.92 Å². The second-order valence-corrected chi connectivity index (χ2v) is 5.37. The van der Waals surface area contributed by atoms with Crippen molar-refractivity contribution in [3.8, 4) is 0 Å². The highest BCUT2D eigenvalue weighted by Gasteiger charge is 2.48. The number of aliphatic carboxylic acids is 1. The molecule has 0 aromatic carbocycles. The van der Waals surface area contributed by atoms with Crippen LogP contribution in [0, 0.1) is 5.92 Å². The number of hydrogen-bond donors (Lipinski definition) is 1. The molecule has 3 heteroatoms. The first kappa shape index (κ1) is 11.9. The molecule has 92 valence electrons. The van der Waals surface area contributed by atoms with Gasteiger partial charge in [0.15, 0.2) is 0 Å². The van der Waals surface area contributed by atoms with Crippen molar-refractivity contribution >= 4 is 5.97 Å². The van der Waals surface area contributed by atoms with Gasteiger partial charge < -0.3 is 5.11 Å². The van der Waals surface area contributed by atoms with Crippen molar-refractivity contribution in [3.63, 3.8) is 0 Å². The normalized spacial score (nSPS) is 35.7. The maximum Gasteiger partial charge on any atom is 0.305 e. The van der Waals surface area contributed by atoms with Crippen molar-refractivity contribution in [2.45, 2.75) is 57.4 Å². The van der Waals surface area contributed by atoms with Gasteiger partial charge >= 0.3 is 5.97 Å². The molecule has 16 heavy (non-hydrogen) atoms. The molecule has 0 spiro atoms. The minimum Gasteiger partial charge on any atom is -0.481 e. The third kappa shape index (κ3) is 1.97. The minimum atomic E-state index is -0.618. The fourth-order valence-corrected chi connectivity index (χ4v) is 3.90. The van der Waals surface area contributed by atoms with E-state index in [1.54, 1.807) is 0 Å². The predicted molar refractivity (Wildman–Crippen MR) is 63.4 cm³/mol. The summed E-state index contributed by atoms with van der Waals surface area (Å²) in [7, 11) is 0. The Morgan fingerprint density at radius 3 is 2.62 bits per heavy atom. The van der Waals surface area contributed by atoms with Crippen molar-refractivity contribution in [1.82, 2.24) is 4.90 Å². The quantitative estimate of drug-likeness (QED) is 0.799. The summed E-state index contributed by atoms with van der Waals surface area (Å²) in [5, 5.41) is 9.19. The SMILES string of the molecule is CCC1CCCC1(CC(=O)O)N1CCCC1. The van der Waals surface area contributed by atoms with Crippen molar-refractivity contribution in [3.05, 3.63) is 0 Å². The van der Waals surface area contributed by atoms with Crippen LogP contribution in [0.2, 0.25) is 0 Å². The highest BCUT2D eigenvalue weighted by molar-refractivity contribution is 5.68. The van der Waals surface area contributed by atoms with E-state index in [9.17, 15) is 9.90 Å². The summed E-state index contributed by atoms with van der Waals surface area (Å²) in [6, 6.07) is 0. The Hall–Kier alpha value is -0.570. The third-order valence-electron chi connectivity index (χ3n) is 4.61. The molecule has 1 saturated heterocycles. The predicted octanol–water partition coefficient (Wildman–Crippen LogP) is 2.51. The second-order valence-electron chi connectivity index (χ2n) is 5.37. The lowest BCUT2D eigenvalue weighted by Crippen LogP contribution is -2.51. The topological polar surface area (TPSA) is 40.5 Å². The standard InChI is InChI=1S/C13H23NO2/c1-2-11-6-5-7-13(11,10-12(15)16)14-8-3-4-9-14/h11H,2-10H2,1H3,(H,15,16). The summed E-state index contributed by atoms with van der Waals surface area (Å²) < 4.78 is 0. The van der Waals surface area contributed by atoms with Gasteiger partial charge in [0.2, 0.25) is 0 Å². The van der Waals surface area contributed by atoms with Gasteiger partial charge in [0.1, 0.15) is 0 Å². The molecular weight excluding hydrogens is 202 g/mol. The van der Waals surface area contributed by atoms with E-state index >= 15 is 0 Å². The lowest BCUT2D eigenvalue weighted by molar-refractivity contribution is -0.141. The molecule has 2 atom stereocenters. The van der Waals surface area contributed by atoms with E-state index in [-0.39, 0.29) is 5.54 Å². The maximum absolute atomic E-state index is 11.2. The molecule has 0 aromatic rings. The van der Waals surface area contributed by atoms with Crippen LogP contribution in [-0.2, 0) is 4.79 Å². The van der Waals surface area contributed by atoms with Gasteiger partial charge in [-0.1, -0.05) is 19.8 Å². The largest absolute Gasteiger partial charge is 0.481 e. The Morgan fingerprint density at radius 2 is 2.06 bits per heavy atom. The number of nitrogens with zero attached hydrogens (tertiary/aromatic N) is 1. The van der Waals surface area contributed by atoms with Gasteiger partial charge in [0, 0.05) is 5.54 Å². The second kappa shape index (κ2) is 4.74. The molecule has 0 amide bonds. The van der Waals surface area contributed by atoms with Gasteiger partial charge in [0.25, 0.3) is 0 Å². The zero-order chi connectivity index (χ0) is 11.6. The van der Waals surface area contributed by atoms with Crippen LogP contribution < -0.4 is 0 Å². The summed E-state index contributed by atoms with van der Waals surface area (Å²) in [5.41, 5.74) is -0.00289. The van der Waals surface area contributed by atoms with Gasteiger partial charge in [0.05, 0.1) is 6.42 Å². The number of likely N-dealkylation sites (tertiary alicyclic amines) is 1. The van der Waals surface area contributed by atoms with Crippen LogP contribution in [0.15, 0.2) is 0 Å². The molecule has 0 radical (unpaired) electrons. The molecule has 0 aromatic heterocycles. The number of hydrogen-bond acceptors (Lipinski definition) is 2. The van der Waals surface area contributed by atoms with Crippen LogP contribution in [0.4, 0.5) is 0 Å². The summed E-state index contributed by atoms with van der Waals surface area (Å²) in [5.74, 6) is -0.0195. The van der Waals surface area contributed by atoms with Crippen LogP contribution in [0.25, 0.3) is 0 Å².